The fourth-order valence-electron chi connectivity index (χ4n) is 0.420. The summed E-state index contributed by atoms with van der Waals surface area (Å²) in [4.78, 5) is 5.41. The van der Waals surface area contributed by atoms with Crippen LogP contribution in [0.3, 0.4) is 0 Å². The lowest BCUT2D eigenvalue weighted by Crippen LogP contribution is -1.86. The maximum Gasteiger partial charge on any atom is 0.0698 e. The Morgan fingerprint density at radius 2 is 2.20 bits per heavy atom. The van der Waals surface area contributed by atoms with Gasteiger partial charge in [0.25, 0.3) is 0 Å². The number of hydrogen-bond donors (Lipinski definition) is 0. The lowest BCUT2D eigenvalue weighted by atomic mass is 10.7. The second-order valence-corrected chi connectivity index (χ2v) is 4.88. The van der Waals surface area contributed by atoms with Gasteiger partial charge in [0.1, 0.15) is 0 Å². The first-order valence-corrected chi connectivity index (χ1v) is 5.14. The topological polar surface area (TPSA) is 12.4 Å². The summed E-state index contributed by atoms with van der Waals surface area (Å²) < 4.78 is 1.12. The van der Waals surface area contributed by atoms with Crippen molar-refractivity contribution >= 4 is 38.1 Å². The largest absolute Gasteiger partial charge is 0.283 e. The molecule has 0 spiro atoms. The van der Waals surface area contributed by atoms with Crippen LogP contribution in [0.4, 0.5) is 0 Å². The average molecular weight is 269 g/mol. The van der Waals surface area contributed by atoms with E-state index in [1.54, 1.807) is 11.8 Å². The van der Waals surface area contributed by atoms with Crippen molar-refractivity contribution in [2.45, 2.75) is 13.8 Å². The van der Waals surface area contributed by atoms with E-state index in [-0.39, 0.29) is 0 Å². The molecule has 0 rings (SSSR count). The molecule has 0 amide bonds. The van der Waals surface area contributed by atoms with E-state index in [0.29, 0.717) is 0 Å². The van der Waals surface area contributed by atoms with E-state index in [1.165, 1.54) is 4.91 Å². The summed E-state index contributed by atoms with van der Waals surface area (Å²) in [5, 5.41) is 0. The Bertz CT molecular complexity index is 139. The highest BCUT2D eigenvalue weighted by molar-refractivity contribution is 14.1. The average Bonchev–Trinajstić information content (AvgIpc) is 1.79. The Hall–Kier alpha value is 0.490. The van der Waals surface area contributed by atoms with E-state index in [2.05, 4.69) is 34.2 Å². The molecule has 0 aromatic carbocycles. The molecule has 0 fully saturated rings. The molecule has 0 aliphatic heterocycles. The normalized spacial score (nSPS) is 11.7. The van der Waals surface area contributed by atoms with Crippen LogP contribution in [0.15, 0.2) is 16.5 Å². The Morgan fingerprint density at radius 3 is 2.60 bits per heavy atom. The van der Waals surface area contributed by atoms with Gasteiger partial charge < -0.3 is 0 Å². The highest BCUT2D eigenvalue weighted by Crippen LogP contribution is 2.10. The summed E-state index contributed by atoms with van der Waals surface area (Å²) in [7, 11) is 0. The van der Waals surface area contributed by atoms with Gasteiger partial charge in [-0.25, -0.2) is 0 Å². The van der Waals surface area contributed by atoms with Crippen LogP contribution in [0.5, 0.6) is 0 Å². The quantitative estimate of drug-likeness (QED) is 0.434. The number of hydrogen-bond acceptors (Lipinski definition) is 2. The van der Waals surface area contributed by atoms with Crippen molar-refractivity contribution in [2.24, 2.45) is 4.99 Å². The van der Waals surface area contributed by atoms with Gasteiger partial charge in [-0.05, 0) is 41.3 Å². The van der Waals surface area contributed by atoms with Gasteiger partial charge in [-0.3, -0.25) is 4.99 Å². The molecule has 10 heavy (non-hydrogen) atoms. The standard InChI is InChI=1S/C7H12INS/c1-6(2)10-5-4-9-7(3)8/h1,4-5H2,2-3H3/b9-7+. The van der Waals surface area contributed by atoms with Gasteiger partial charge in [-0.2, -0.15) is 0 Å². The molecular weight excluding hydrogens is 257 g/mol. The summed E-state index contributed by atoms with van der Waals surface area (Å²) in [5.41, 5.74) is 0. The molecule has 0 aliphatic carbocycles. The summed E-state index contributed by atoms with van der Waals surface area (Å²) in [6, 6.07) is 0. The minimum atomic E-state index is 0.909. The van der Waals surface area contributed by atoms with Gasteiger partial charge in [0.2, 0.25) is 0 Å². The van der Waals surface area contributed by atoms with Crippen molar-refractivity contribution in [1.29, 1.82) is 0 Å². The molecule has 0 aromatic heterocycles. The first-order chi connectivity index (χ1) is 4.63. The van der Waals surface area contributed by atoms with E-state index in [0.717, 1.165) is 16.0 Å². The fourth-order valence-corrected chi connectivity index (χ4v) is 1.19. The molecule has 0 radical (unpaired) electrons. The van der Waals surface area contributed by atoms with Gasteiger partial charge in [-0.1, -0.05) is 6.58 Å². The maximum atomic E-state index is 4.24. The van der Waals surface area contributed by atoms with Crippen LogP contribution in [-0.2, 0) is 0 Å². The van der Waals surface area contributed by atoms with Crippen molar-refractivity contribution in [3.05, 3.63) is 11.5 Å². The molecule has 0 saturated heterocycles. The predicted octanol–water partition coefficient (Wildman–Crippen LogP) is 3.11. The van der Waals surface area contributed by atoms with E-state index < -0.39 is 0 Å². The number of halogens is 1. The summed E-state index contributed by atoms with van der Waals surface area (Å²) in [6.07, 6.45) is 0. The molecular formula is C7H12INS. The summed E-state index contributed by atoms with van der Waals surface area (Å²) >= 11 is 3.99. The Labute approximate surface area is 80.5 Å². The Kier molecular flexibility index (Phi) is 6.52. The van der Waals surface area contributed by atoms with Crippen LogP contribution in [0, 0.1) is 0 Å². The SMILES string of the molecule is C=C(C)SCC/N=C(\C)I. The number of aliphatic imine (C=N–C) groups is 1. The molecule has 0 saturated carbocycles. The highest BCUT2D eigenvalue weighted by atomic mass is 127. The predicted molar refractivity (Wildman–Crippen MR) is 59.3 cm³/mol. The van der Waals surface area contributed by atoms with Crippen LogP contribution >= 0.6 is 34.4 Å². The van der Waals surface area contributed by atoms with Crippen molar-refractivity contribution in [1.82, 2.24) is 0 Å². The second kappa shape index (κ2) is 6.22. The van der Waals surface area contributed by atoms with Gasteiger partial charge in [0.15, 0.2) is 0 Å². The monoisotopic (exact) mass is 269 g/mol. The van der Waals surface area contributed by atoms with Gasteiger partial charge in [0, 0.05) is 12.3 Å². The van der Waals surface area contributed by atoms with Crippen LogP contribution in [0.2, 0.25) is 0 Å². The molecule has 0 heterocycles. The molecule has 0 atom stereocenters. The zero-order chi connectivity index (χ0) is 7.98. The van der Waals surface area contributed by atoms with Gasteiger partial charge in [0.05, 0.1) is 3.72 Å². The van der Waals surface area contributed by atoms with Crippen LogP contribution in [-0.4, -0.2) is 16.0 Å². The van der Waals surface area contributed by atoms with Crippen LogP contribution < -0.4 is 0 Å². The highest BCUT2D eigenvalue weighted by Gasteiger charge is 1.86. The molecule has 0 aliphatic rings. The third kappa shape index (κ3) is 8.49. The second-order valence-electron chi connectivity index (χ2n) is 1.93. The first kappa shape index (κ1) is 10.5. The van der Waals surface area contributed by atoms with Gasteiger partial charge in [-0.15, -0.1) is 11.8 Å². The zero-order valence-corrected chi connectivity index (χ0v) is 9.33. The van der Waals surface area contributed by atoms with E-state index in [1.807, 2.05) is 13.8 Å². The summed E-state index contributed by atoms with van der Waals surface area (Å²) in [6.45, 7) is 8.72. The third-order valence-corrected chi connectivity index (χ3v) is 1.99. The molecule has 0 unspecified atom stereocenters. The van der Waals surface area contributed by atoms with Crippen molar-refractivity contribution in [3.63, 3.8) is 0 Å². The van der Waals surface area contributed by atoms with Crippen molar-refractivity contribution < 1.29 is 0 Å². The molecule has 0 bridgehead atoms. The molecule has 0 aromatic rings. The van der Waals surface area contributed by atoms with E-state index >= 15 is 0 Å². The first-order valence-electron chi connectivity index (χ1n) is 3.08. The number of rotatable bonds is 4. The lowest BCUT2D eigenvalue weighted by molar-refractivity contribution is 1.15. The zero-order valence-electron chi connectivity index (χ0n) is 6.35. The maximum absolute atomic E-state index is 4.24. The smallest absolute Gasteiger partial charge is 0.0698 e. The summed E-state index contributed by atoms with van der Waals surface area (Å²) in [5.74, 6) is 1.05. The Morgan fingerprint density at radius 1 is 1.60 bits per heavy atom. The van der Waals surface area contributed by atoms with Crippen LogP contribution in [0.1, 0.15) is 13.8 Å². The fraction of sp³-hybridized carbons (Fsp3) is 0.571. The van der Waals surface area contributed by atoms with Crippen LogP contribution in [0.25, 0.3) is 0 Å². The molecule has 3 heteroatoms. The number of nitrogens with zero attached hydrogens (tertiary/aromatic N) is 1. The molecule has 1 nitrogen and oxygen atoms in total. The minimum Gasteiger partial charge on any atom is -0.283 e. The van der Waals surface area contributed by atoms with Gasteiger partial charge >= 0.3 is 0 Å². The van der Waals surface area contributed by atoms with E-state index in [4.69, 9.17) is 0 Å². The van der Waals surface area contributed by atoms with Crippen molar-refractivity contribution in [2.75, 3.05) is 12.3 Å². The Balaban J connectivity index is 3.21. The molecule has 0 N–H and O–H groups in total. The van der Waals surface area contributed by atoms with Crippen molar-refractivity contribution in [3.8, 4) is 0 Å². The lowest BCUT2D eigenvalue weighted by Gasteiger charge is -1.94. The molecule has 58 valence electrons. The third-order valence-electron chi connectivity index (χ3n) is 0.769. The number of allylic oxidation sites excluding steroid dienone is 1. The minimum absolute atomic E-state index is 0.909. The van der Waals surface area contributed by atoms with E-state index in [9.17, 15) is 0 Å². The number of thioether (sulfide) groups is 1.